The number of fused-ring (bicyclic) bond motifs is 6. The fraction of sp³-hybridized carbons (Fsp3) is 0.0149. The van der Waals surface area contributed by atoms with Crippen molar-refractivity contribution in [2.75, 3.05) is 4.90 Å². The van der Waals surface area contributed by atoms with Gasteiger partial charge in [0.05, 0.1) is 16.4 Å². The molecule has 2 nitrogen and oxygen atoms in total. The second-order valence-electron chi connectivity index (χ2n) is 18.1. The predicted octanol–water partition coefficient (Wildman–Crippen LogP) is 17.6. The van der Waals surface area contributed by atoms with Crippen molar-refractivity contribution in [3.05, 3.63) is 301 Å². The normalized spacial score (nSPS) is 12.5. The van der Waals surface area contributed by atoms with Gasteiger partial charge in [-0.2, -0.15) is 0 Å². The van der Waals surface area contributed by atoms with Crippen molar-refractivity contribution >= 4 is 38.9 Å². The van der Waals surface area contributed by atoms with Crippen molar-refractivity contribution in [1.82, 2.24) is 4.57 Å². The predicted molar refractivity (Wildman–Crippen MR) is 289 cm³/mol. The molecule has 1 heterocycles. The minimum atomic E-state index is -0.483. The molecule has 0 amide bonds. The van der Waals surface area contributed by atoms with Crippen molar-refractivity contribution in [3.63, 3.8) is 0 Å². The second kappa shape index (κ2) is 16.7. The van der Waals surface area contributed by atoms with Crippen LogP contribution in [0.3, 0.4) is 0 Å². The summed E-state index contributed by atoms with van der Waals surface area (Å²) in [5.41, 5.74) is 21.1. The Morgan fingerprint density at radius 1 is 0.275 bits per heavy atom. The third-order valence-electron chi connectivity index (χ3n) is 14.3. The fourth-order valence-corrected chi connectivity index (χ4v) is 11.2. The molecule has 1 aliphatic carbocycles. The quantitative estimate of drug-likeness (QED) is 0.140. The molecule has 0 fully saturated rings. The molecule has 69 heavy (non-hydrogen) atoms. The number of benzene rings is 11. The first-order valence-corrected chi connectivity index (χ1v) is 23.8. The van der Waals surface area contributed by atoms with Gasteiger partial charge in [0, 0.05) is 33.5 Å². The highest BCUT2D eigenvalue weighted by Crippen LogP contribution is 2.56. The third-order valence-corrected chi connectivity index (χ3v) is 14.3. The first kappa shape index (κ1) is 40.3. The number of nitrogens with zero attached hydrogens (tertiary/aromatic N) is 2. The van der Waals surface area contributed by atoms with Gasteiger partial charge in [-0.15, -0.1) is 0 Å². The summed E-state index contributed by atoms with van der Waals surface area (Å²) in [6.45, 7) is 0. The van der Waals surface area contributed by atoms with Gasteiger partial charge in [0.2, 0.25) is 0 Å². The van der Waals surface area contributed by atoms with Crippen molar-refractivity contribution in [2.45, 2.75) is 5.41 Å². The standard InChI is InChI=1S/C67H46N2/c1-5-19-47(20-6-1)50-21-17-29-56(43-50)68(55-27-11-4-12-28-55)57-30-18-22-51(44-57)48-35-37-49(38-36-48)52-39-41-62-61-32-14-16-34-65(61)69(66(62)45-52)58-40-42-60-59-31-13-15-33-63(59)67(64(60)46-58,53-23-7-2-8-24-53)54-25-9-3-10-26-54/h1-46H. The topological polar surface area (TPSA) is 8.17 Å². The van der Waals surface area contributed by atoms with Crippen LogP contribution >= 0.6 is 0 Å². The second-order valence-corrected chi connectivity index (χ2v) is 18.1. The number of anilines is 3. The zero-order valence-corrected chi connectivity index (χ0v) is 38.0. The van der Waals surface area contributed by atoms with Crippen LogP contribution in [0, 0.1) is 0 Å². The summed E-state index contributed by atoms with van der Waals surface area (Å²) in [4.78, 5) is 2.35. The SMILES string of the molecule is c1ccc(-c2cccc(N(c3ccccc3)c3cccc(-c4ccc(-c5ccc6c7ccccc7n(-c7ccc8c(c7)C(c7ccccc7)(c7ccccc7)c7ccccc7-8)c6c5)cc4)c3)c2)cc1. The Balaban J connectivity index is 0.900. The maximum atomic E-state index is 2.48. The molecular weight excluding hydrogens is 833 g/mol. The Kier molecular flexibility index (Phi) is 9.77. The van der Waals surface area contributed by atoms with Crippen LogP contribution in [0.1, 0.15) is 22.3 Å². The van der Waals surface area contributed by atoms with Crippen LogP contribution in [0.5, 0.6) is 0 Å². The van der Waals surface area contributed by atoms with Gasteiger partial charge in [-0.3, -0.25) is 0 Å². The van der Waals surface area contributed by atoms with Gasteiger partial charge < -0.3 is 9.47 Å². The molecule has 0 spiro atoms. The lowest BCUT2D eigenvalue weighted by Crippen LogP contribution is -2.28. The molecule has 0 unspecified atom stereocenters. The molecule has 1 aromatic heterocycles. The zero-order valence-electron chi connectivity index (χ0n) is 38.0. The van der Waals surface area contributed by atoms with Crippen molar-refractivity contribution in [1.29, 1.82) is 0 Å². The van der Waals surface area contributed by atoms with E-state index in [-0.39, 0.29) is 0 Å². The Hall–Kier alpha value is -8.98. The van der Waals surface area contributed by atoms with Gasteiger partial charge >= 0.3 is 0 Å². The van der Waals surface area contributed by atoms with E-state index in [4.69, 9.17) is 0 Å². The average molecular weight is 879 g/mol. The van der Waals surface area contributed by atoms with Gasteiger partial charge in [-0.05, 0) is 127 Å². The Bertz CT molecular complexity index is 3780. The van der Waals surface area contributed by atoms with E-state index in [1.165, 1.54) is 83.0 Å². The van der Waals surface area contributed by atoms with E-state index in [1.54, 1.807) is 0 Å². The summed E-state index contributed by atoms with van der Waals surface area (Å²) in [6, 6.07) is 102. The molecule has 12 aromatic rings. The summed E-state index contributed by atoms with van der Waals surface area (Å²) in [7, 11) is 0. The van der Waals surface area contributed by atoms with Crippen molar-refractivity contribution < 1.29 is 0 Å². The monoisotopic (exact) mass is 878 g/mol. The minimum absolute atomic E-state index is 0.483. The van der Waals surface area contributed by atoms with E-state index in [0.717, 1.165) is 28.3 Å². The first-order chi connectivity index (χ1) is 34.2. The van der Waals surface area contributed by atoms with Crippen LogP contribution in [0.25, 0.3) is 72.0 Å². The molecule has 0 bridgehead atoms. The molecule has 324 valence electrons. The minimum Gasteiger partial charge on any atom is -0.310 e. The average Bonchev–Trinajstić information content (AvgIpc) is 3.92. The number of aromatic nitrogens is 1. The molecule has 0 radical (unpaired) electrons. The van der Waals surface area contributed by atoms with E-state index >= 15 is 0 Å². The molecule has 13 rings (SSSR count). The van der Waals surface area contributed by atoms with Crippen LogP contribution in [0.2, 0.25) is 0 Å². The number of hydrogen-bond donors (Lipinski definition) is 0. The van der Waals surface area contributed by atoms with E-state index in [0.29, 0.717) is 0 Å². The number of para-hydroxylation sites is 2. The highest BCUT2D eigenvalue weighted by atomic mass is 15.1. The Labute approximate surface area is 403 Å². The Morgan fingerprint density at radius 2 is 0.739 bits per heavy atom. The summed E-state index contributed by atoms with van der Waals surface area (Å²) in [5.74, 6) is 0. The summed E-state index contributed by atoms with van der Waals surface area (Å²) in [6.07, 6.45) is 0. The van der Waals surface area contributed by atoms with Gasteiger partial charge in [0.25, 0.3) is 0 Å². The number of hydrogen-bond acceptors (Lipinski definition) is 1. The molecule has 0 saturated heterocycles. The van der Waals surface area contributed by atoms with E-state index in [1.807, 2.05) is 0 Å². The smallest absolute Gasteiger partial charge is 0.0714 e. The van der Waals surface area contributed by atoms with E-state index < -0.39 is 5.41 Å². The lowest BCUT2D eigenvalue weighted by atomic mass is 9.67. The van der Waals surface area contributed by atoms with Gasteiger partial charge in [0.1, 0.15) is 0 Å². The molecule has 0 atom stereocenters. The van der Waals surface area contributed by atoms with Crippen LogP contribution in [0.4, 0.5) is 17.1 Å². The van der Waals surface area contributed by atoms with Gasteiger partial charge in [-0.25, -0.2) is 0 Å². The number of rotatable bonds is 9. The summed E-state index contributed by atoms with van der Waals surface area (Å²) in [5, 5.41) is 2.48. The zero-order chi connectivity index (χ0) is 45.7. The lowest BCUT2D eigenvalue weighted by Gasteiger charge is -2.34. The fourth-order valence-electron chi connectivity index (χ4n) is 11.2. The maximum Gasteiger partial charge on any atom is 0.0714 e. The summed E-state index contributed by atoms with van der Waals surface area (Å²) < 4.78 is 2.48. The molecular formula is C67H46N2. The molecule has 0 N–H and O–H groups in total. The lowest BCUT2D eigenvalue weighted by molar-refractivity contribution is 0.767. The maximum absolute atomic E-state index is 2.48. The van der Waals surface area contributed by atoms with Crippen molar-refractivity contribution in [2.24, 2.45) is 0 Å². The van der Waals surface area contributed by atoms with E-state index in [9.17, 15) is 0 Å². The first-order valence-electron chi connectivity index (χ1n) is 23.8. The molecule has 0 saturated carbocycles. The highest BCUT2D eigenvalue weighted by Gasteiger charge is 2.46. The highest BCUT2D eigenvalue weighted by molar-refractivity contribution is 6.10. The Morgan fingerprint density at radius 3 is 1.39 bits per heavy atom. The van der Waals surface area contributed by atoms with Crippen LogP contribution in [0.15, 0.2) is 279 Å². The van der Waals surface area contributed by atoms with Crippen LogP contribution in [-0.4, -0.2) is 4.57 Å². The van der Waals surface area contributed by atoms with Crippen molar-refractivity contribution in [3.8, 4) is 50.2 Å². The molecule has 0 aliphatic heterocycles. The molecule has 2 heteroatoms. The van der Waals surface area contributed by atoms with Crippen LogP contribution in [-0.2, 0) is 5.41 Å². The van der Waals surface area contributed by atoms with E-state index in [2.05, 4.69) is 289 Å². The van der Waals surface area contributed by atoms with Gasteiger partial charge in [0.15, 0.2) is 0 Å². The molecule has 1 aliphatic rings. The van der Waals surface area contributed by atoms with Gasteiger partial charge in [-0.1, -0.05) is 218 Å². The molecule has 11 aromatic carbocycles. The third kappa shape index (κ3) is 6.72. The van der Waals surface area contributed by atoms with Crippen LogP contribution < -0.4 is 4.90 Å². The summed E-state index contributed by atoms with van der Waals surface area (Å²) >= 11 is 0. The largest absolute Gasteiger partial charge is 0.310 e.